The molecule has 3 amide bonds. The van der Waals surface area contributed by atoms with E-state index < -0.39 is 0 Å². The van der Waals surface area contributed by atoms with Gasteiger partial charge in [0.15, 0.2) is 5.58 Å². The Morgan fingerprint density at radius 1 is 0.838 bits per heavy atom. The fourth-order valence-electron chi connectivity index (χ4n) is 3.45. The van der Waals surface area contributed by atoms with E-state index >= 15 is 0 Å². The first-order valence-corrected chi connectivity index (χ1v) is 11.1. The highest BCUT2D eigenvalue weighted by Gasteiger charge is 2.10. The number of carbonyl (C=O) groups excluding carboxylic acids is 2. The first-order valence-electron chi connectivity index (χ1n) is 11.1. The zero-order valence-corrected chi connectivity index (χ0v) is 20.4. The summed E-state index contributed by atoms with van der Waals surface area (Å²) in [6.45, 7) is 0. The Morgan fingerprint density at radius 3 is 2.19 bits per heavy atom. The van der Waals surface area contributed by atoms with Gasteiger partial charge in [-0.1, -0.05) is 12.1 Å². The van der Waals surface area contributed by atoms with Gasteiger partial charge in [0, 0.05) is 36.2 Å². The van der Waals surface area contributed by atoms with Crippen LogP contribution >= 0.6 is 12.4 Å². The van der Waals surface area contributed by atoms with Crippen LogP contribution in [-0.2, 0) is 0 Å². The smallest absolute Gasteiger partial charge is 0.323 e. The lowest BCUT2D eigenvalue weighted by molar-refractivity contribution is 0.0958. The number of fused-ring (bicyclic) bond motifs is 1. The van der Waals surface area contributed by atoms with Gasteiger partial charge in [-0.25, -0.2) is 9.78 Å². The van der Waals surface area contributed by atoms with E-state index in [-0.39, 0.29) is 30.0 Å². The summed E-state index contributed by atoms with van der Waals surface area (Å²) in [7, 11) is 1.54. The normalized spacial score (nSPS) is 10.3. The van der Waals surface area contributed by atoms with Crippen molar-refractivity contribution in [2.24, 2.45) is 0 Å². The van der Waals surface area contributed by atoms with E-state index in [0.717, 1.165) is 16.7 Å². The van der Waals surface area contributed by atoms with E-state index in [4.69, 9.17) is 9.15 Å². The van der Waals surface area contributed by atoms with Crippen molar-refractivity contribution in [2.45, 2.75) is 0 Å². The van der Waals surface area contributed by atoms with Gasteiger partial charge in [0.05, 0.1) is 0 Å². The number of hydrogen-bond acceptors (Lipinski definition) is 6. The standard InChI is InChI=1S/C27H21N5O4.ClH/c1-28-25(33)23-16-21(14-15-29-23)35-20-12-10-19(11-13-20)31-27(34)30-18-8-6-17(7-9-18)26-32-22-4-2-3-5-24(22)36-26;/h2-16H,1H3,(H,28,33)(H2,30,31,34);1H. The molecule has 0 bridgehead atoms. The van der Waals surface area contributed by atoms with Gasteiger partial charge in [-0.2, -0.15) is 0 Å². The summed E-state index contributed by atoms with van der Waals surface area (Å²) in [4.78, 5) is 32.6. The quantitative estimate of drug-likeness (QED) is 0.251. The van der Waals surface area contributed by atoms with E-state index in [1.54, 1.807) is 48.5 Å². The monoisotopic (exact) mass is 515 g/mol. The fraction of sp³-hybridized carbons (Fsp3) is 0.0370. The van der Waals surface area contributed by atoms with Crippen LogP contribution in [0.5, 0.6) is 11.5 Å². The molecule has 186 valence electrons. The number of benzene rings is 3. The first-order chi connectivity index (χ1) is 17.6. The van der Waals surface area contributed by atoms with Gasteiger partial charge < -0.3 is 25.1 Å². The van der Waals surface area contributed by atoms with Gasteiger partial charge in [-0.15, -0.1) is 12.4 Å². The Morgan fingerprint density at radius 2 is 1.51 bits per heavy atom. The van der Waals surface area contributed by atoms with Crippen molar-refractivity contribution in [2.75, 3.05) is 17.7 Å². The molecule has 0 fully saturated rings. The SMILES string of the molecule is CNC(=O)c1cc(Oc2ccc(NC(=O)Nc3ccc(-c4nc5ccccc5o4)cc3)cc2)ccn1.Cl. The third-order valence-electron chi connectivity index (χ3n) is 5.22. The maximum atomic E-state index is 12.4. The van der Waals surface area contributed by atoms with Crippen LogP contribution in [0.1, 0.15) is 10.5 Å². The number of anilines is 2. The summed E-state index contributed by atoms with van der Waals surface area (Å²) in [5, 5.41) is 8.09. The van der Waals surface area contributed by atoms with Crippen LogP contribution in [0.2, 0.25) is 0 Å². The molecular weight excluding hydrogens is 494 g/mol. The number of rotatable bonds is 6. The van der Waals surface area contributed by atoms with E-state index in [0.29, 0.717) is 28.8 Å². The van der Waals surface area contributed by atoms with Crippen molar-refractivity contribution < 1.29 is 18.7 Å². The third-order valence-corrected chi connectivity index (χ3v) is 5.22. The maximum Gasteiger partial charge on any atom is 0.323 e. The summed E-state index contributed by atoms with van der Waals surface area (Å²) >= 11 is 0. The van der Waals surface area contributed by atoms with Crippen molar-refractivity contribution in [3.63, 3.8) is 0 Å². The number of aromatic nitrogens is 2. The molecule has 0 unspecified atom stereocenters. The second-order valence-electron chi connectivity index (χ2n) is 7.73. The number of halogens is 1. The number of amides is 3. The van der Waals surface area contributed by atoms with Gasteiger partial charge in [-0.3, -0.25) is 9.78 Å². The molecular formula is C27H22ClN5O4. The number of hydrogen-bond donors (Lipinski definition) is 3. The van der Waals surface area contributed by atoms with E-state index in [9.17, 15) is 9.59 Å². The minimum absolute atomic E-state index is 0. The van der Waals surface area contributed by atoms with Crippen LogP contribution in [0.3, 0.4) is 0 Å². The number of pyridine rings is 1. The Hall–Kier alpha value is -4.89. The lowest BCUT2D eigenvalue weighted by Crippen LogP contribution is -2.19. The van der Waals surface area contributed by atoms with Crippen LogP contribution in [-0.4, -0.2) is 29.0 Å². The molecule has 9 nitrogen and oxygen atoms in total. The molecule has 0 saturated carbocycles. The molecule has 0 radical (unpaired) electrons. The highest BCUT2D eigenvalue weighted by Crippen LogP contribution is 2.26. The molecule has 2 aromatic heterocycles. The zero-order valence-electron chi connectivity index (χ0n) is 19.6. The number of para-hydroxylation sites is 2. The van der Waals surface area contributed by atoms with Crippen molar-refractivity contribution >= 4 is 46.8 Å². The number of nitrogens with zero attached hydrogens (tertiary/aromatic N) is 2. The number of carbonyl (C=O) groups is 2. The summed E-state index contributed by atoms with van der Waals surface area (Å²) in [5.41, 5.74) is 3.79. The molecule has 10 heteroatoms. The van der Waals surface area contributed by atoms with Crippen molar-refractivity contribution in [1.82, 2.24) is 15.3 Å². The molecule has 5 aromatic rings. The minimum atomic E-state index is -0.386. The van der Waals surface area contributed by atoms with Gasteiger partial charge in [0.1, 0.15) is 22.7 Å². The van der Waals surface area contributed by atoms with Crippen LogP contribution in [0.15, 0.2) is 95.5 Å². The van der Waals surface area contributed by atoms with Gasteiger partial charge in [0.2, 0.25) is 5.89 Å². The predicted octanol–water partition coefficient (Wildman–Crippen LogP) is 6.11. The molecule has 3 N–H and O–H groups in total. The zero-order chi connectivity index (χ0) is 24.9. The van der Waals surface area contributed by atoms with Gasteiger partial charge in [0.25, 0.3) is 5.91 Å². The molecule has 5 rings (SSSR count). The van der Waals surface area contributed by atoms with E-state index in [1.807, 2.05) is 36.4 Å². The molecule has 3 aromatic carbocycles. The van der Waals surface area contributed by atoms with Crippen LogP contribution in [0.4, 0.5) is 16.2 Å². The van der Waals surface area contributed by atoms with Crippen LogP contribution < -0.4 is 20.7 Å². The van der Waals surface area contributed by atoms with Gasteiger partial charge in [-0.05, 0) is 66.7 Å². The predicted molar refractivity (Wildman–Crippen MR) is 143 cm³/mol. The highest BCUT2D eigenvalue weighted by atomic mass is 35.5. The largest absolute Gasteiger partial charge is 0.457 e. The van der Waals surface area contributed by atoms with E-state index in [1.165, 1.54) is 13.2 Å². The van der Waals surface area contributed by atoms with Crippen LogP contribution in [0.25, 0.3) is 22.6 Å². The van der Waals surface area contributed by atoms with Gasteiger partial charge >= 0.3 is 6.03 Å². The number of nitrogens with one attached hydrogen (secondary N) is 3. The average molecular weight is 516 g/mol. The topological polar surface area (TPSA) is 118 Å². The van der Waals surface area contributed by atoms with Crippen molar-refractivity contribution in [3.8, 4) is 23.0 Å². The summed E-state index contributed by atoms with van der Waals surface area (Å²) in [6.07, 6.45) is 1.50. The maximum absolute atomic E-state index is 12.4. The molecule has 0 atom stereocenters. The Balaban J connectivity index is 0.00000320. The van der Waals surface area contributed by atoms with Crippen molar-refractivity contribution in [3.05, 3.63) is 96.8 Å². The minimum Gasteiger partial charge on any atom is -0.457 e. The molecule has 37 heavy (non-hydrogen) atoms. The summed E-state index contributed by atoms with van der Waals surface area (Å²) in [6, 6.07) is 24.5. The number of ether oxygens (including phenoxy) is 1. The number of oxazole rings is 1. The summed E-state index contributed by atoms with van der Waals surface area (Å²) in [5.74, 6) is 1.24. The van der Waals surface area contributed by atoms with Crippen molar-refractivity contribution in [1.29, 1.82) is 0 Å². The molecule has 0 aliphatic heterocycles. The second kappa shape index (κ2) is 11.2. The van der Waals surface area contributed by atoms with Crippen LogP contribution in [0, 0.1) is 0 Å². The third kappa shape index (κ3) is 6.03. The first kappa shape index (κ1) is 25.2. The Labute approximate surface area is 218 Å². The average Bonchev–Trinajstić information content (AvgIpc) is 3.34. The van der Waals surface area contributed by atoms with E-state index in [2.05, 4.69) is 25.9 Å². The fourth-order valence-corrected chi connectivity index (χ4v) is 3.45. The number of urea groups is 1. The molecule has 0 saturated heterocycles. The molecule has 0 aliphatic rings. The highest BCUT2D eigenvalue weighted by molar-refractivity contribution is 5.99. The molecule has 0 aliphatic carbocycles. The second-order valence-corrected chi connectivity index (χ2v) is 7.73. The Kier molecular flexibility index (Phi) is 7.65. The molecule has 0 spiro atoms. The lowest BCUT2D eigenvalue weighted by atomic mass is 10.2. The Bertz CT molecular complexity index is 1500. The lowest BCUT2D eigenvalue weighted by Gasteiger charge is -2.10. The molecule has 2 heterocycles. The summed E-state index contributed by atoms with van der Waals surface area (Å²) < 4.78 is 11.6.